The number of hydrogen-bond donors (Lipinski definition) is 1. The van der Waals surface area contributed by atoms with Crippen LogP contribution in [-0.2, 0) is 14.3 Å². The maximum Gasteiger partial charge on any atom is 0.290 e. The minimum Gasteiger partial charge on any atom is -0.503 e. The smallest absolute Gasteiger partial charge is 0.290 e. The summed E-state index contributed by atoms with van der Waals surface area (Å²) in [5.74, 6) is -0.650. The van der Waals surface area contributed by atoms with Crippen LogP contribution >= 0.6 is 0 Å². The quantitative estimate of drug-likeness (QED) is 0.623. The van der Waals surface area contributed by atoms with E-state index in [1.54, 1.807) is 24.3 Å². The summed E-state index contributed by atoms with van der Waals surface area (Å²) in [5.41, 5.74) is 1.46. The van der Waals surface area contributed by atoms with Gasteiger partial charge >= 0.3 is 0 Å². The van der Waals surface area contributed by atoms with Crippen molar-refractivity contribution < 1.29 is 28.9 Å². The number of aliphatic hydroxyl groups excluding tert-OH is 1. The first kappa shape index (κ1) is 22.1. The van der Waals surface area contributed by atoms with Crippen molar-refractivity contribution >= 4 is 17.8 Å². The van der Waals surface area contributed by atoms with Gasteiger partial charge in [-0.1, -0.05) is 42.5 Å². The number of rotatable bonds is 9. The molecule has 0 fully saturated rings. The highest BCUT2D eigenvalue weighted by Crippen LogP contribution is 2.40. The summed E-state index contributed by atoms with van der Waals surface area (Å²) in [6.45, 7) is 0.460. The second kappa shape index (κ2) is 9.95. The number of nitrogens with zero attached hydrogens (tertiary/aromatic N) is 1. The van der Waals surface area contributed by atoms with Crippen molar-refractivity contribution in [2.75, 3.05) is 34.5 Å². The average Bonchev–Trinajstić information content (AvgIpc) is 3.06. The van der Waals surface area contributed by atoms with E-state index in [-0.39, 0.29) is 18.7 Å². The molecule has 2 aromatic rings. The van der Waals surface area contributed by atoms with Crippen LogP contribution < -0.4 is 9.47 Å². The lowest BCUT2D eigenvalue weighted by Crippen LogP contribution is -2.33. The summed E-state index contributed by atoms with van der Waals surface area (Å²) in [6, 6.07) is 13.7. The van der Waals surface area contributed by atoms with Crippen molar-refractivity contribution in [2.45, 2.75) is 6.04 Å². The molecule has 0 aliphatic carbocycles. The Morgan fingerprint density at radius 1 is 1.06 bits per heavy atom. The van der Waals surface area contributed by atoms with Gasteiger partial charge in [-0.3, -0.25) is 9.59 Å². The summed E-state index contributed by atoms with van der Waals surface area (Å²) in [6.07, 6.45) is 3.01. The second-order valence-corrected chi connectivity index (χ2v) is 6.88. The maximum absolute atomic E-state index is 13.1. The second-order valence-electron chi connectivity index (χ2n) is 6.88. The number of ether oxygens (including phenoxy) is 3. The lowest BCUT2D eigenvalue weighted by molar-refractivity contribution is -0.130. The molecule has 0 spiro atoms. The van der Waals surface area contributed by atoms with Gasteiger partial charge in [-0.2, -0.15) is 0 Å². The standard InChI is InChI=1S/C24H25NO6/c1-29-14-13-25-22(17-10-12-19(30-2)20(15-17)31-3)21(23(27)24(25)28)18(26)11-9-16-7-5-4-6-8-16/h4-12,15,22,27H,13-14H2,1-3H3. The van der Waals surface area contributed by atoms with E-state index in [4.69, 9.17) is 14.2 Å². The van der Waals surface area contributed by atoms with Crippen LogP contribution in [0.4, 0.5) is 0 Å². The van der Waals surface area contributed by atoms with E-state index in [2.05, 4.69) is 0 Å². The third-order valence-electron chi connectivity index (χ3n) is 5.06. The first-order chi connectivity index (χ1) is 15.0. The number of ketones is 1. The van der Waals surface area contributed by atoms with Crippen molar-refractivity contribution in [3.05, 3.63) is 77.1 Å². The van der Waals surface area contributed by atoms with Gasteiger partial charge in [-0.15, -0.1) is 0 Å². The molecule has 1 aliphatic rings. The van der Waals surface area contributed by atoms with Crippen LogP contribution in [-0.4, -0.2) is 56.2 Å². The van der Waals surface area contributed by atoms with Crippen LogP contribution in [0.5, 0.6) is 11.5 Å². The Labute approximate surface area is 181 Å². The number of aliphatic hydroxyl groups is 1. The van der Waals surface area contributed by atoms with Gasteiger partial charge in [0.2, 0.25) is 0 Å². The lowest BCUT2D eigenvalue weighted by Gasteiger charge is -2.26. The monoisotopic (exact) mass is 423 g/mol. The first-order valence-corrected chi connectivity index (χ1v) is 9.74. The van der Waals surface area contributed by atoms with Crippen LogP contribution in [0.25, 0.3) is 6.08 Å². The number of carbonyl (C=O) groups excluding carboxylic acids is 2. The third kappa shape index (κ3) is 4.62. The van der Waals surface area contributed by atoms with E-state index in [0.29, 0.717) is 17.1 Å². The van der Waals surface area contributed by atoms with Gasteiger partial charge in [0.15, 0.2) is 23.0 Å². The molecule has 0 bridgehead atoms. The molecule has 7 heteroatoms. The van der Waals surface area contributed by atoms with Crippen molar-refractivity contribution in [1.82, 2.24) is 4.90 Å². The molecule has 0 aromatic heterocycles. The van der Waals surface area contributed by atoms with Crippen LogP contribution in [0.3, 0.4) is 0 Å². The van der Waals surface area contributed by atoms with Crippen LogP contribution in [0, 0.1) is 0 Å². The van der Waals surface area contributed by atoms with Crippen LogP contribution in [0.2, 0.25) is 0 Å². The number of hydrogen-bond acceptors (Lipinski definition) is 6. The molecule has 31 heavy (non-hydrogen) atoms. The predicted octanol–water partition coefficient (Wildman–Crippen LogP) is 3.33. The molecular formula is C24H25NO6. The van der Waals surface area contributed by atoms with Gasteiger partial charge in [0, 0.05) is 13.7 Å². The van der Waals surface area contributed by atoms with Gasteiger partial charge in [0.05, 0.1) is 32.4 Å². The summed E-state index contributed by atoms with van der Waals surface area (Å²) in [5, 5.41) is 10.6. The summed E-state index contributed by atoms with van der Waals surface area (Å²) >= 11 is 0. The third-order valence-corrected chi connectivity index (χ3v) is 5.06. The van der Waals surface area contributed by atoms with E-state index < -0.39 is 23.5 Å². The minimum atomic E-state index is -0.782. The van der Waals surface area contributed by atoms with Gasteiger partial charge in [-0.25, -0.2) is 0 Å². The number of allylic oxidation sites excluding steroid dienone is 1. The molecule has 0 saturated carbocycles. The zero-order valence-electron chi connectivity index (χ0n) is 17.7. The molecule has 0 radical (unpaired) electrons. The molecule has 7 nitrogen and oxygen atoms in total. The van der Waals surface area contributed by atoms with Crippen molar-refractivity contribution in [3.63, 3.8) is 0 Å². The molecule has 1 heterocycles. The predicted molar refractivity (Wildman–Crippen MR) is 116 cm³/mol. The number of benzene rings is 2. The summed E-state index contributed by atoms with van der Waals surface area (Å²) in [7, 11) is 4.55. The van der Waals surface area contributed by atoms with Gasteiger partial charge in [0.25, 0.3) is 5.91 Å². The van der Waals surface area contributed by atoms with Gasteiger partial charge in [0.1, 0.15) is 0 Å². The Morgan fingerprint density at radius 2 is 1.77 bits per heavy atom. The number of amides is 1. The lowest BCUT2D eigenvalue weighted by atomic mass is 9.95. The van der Waals surface area contributed by atoms with E-state index in [0.717, 1.165) is 5.56 Å². The maximum atomic E-state index is 13.1. The highest BCUT2D eigenvalue weighted by atomic mass is 16.5. The van der Waals surface area contributed by atoms with E-state index in [1.165, 1.54) is 32.3 Å². The topological polar surface area (TPSA) is 85.3 Å². The molecule has 1 unspecified atom stereocenters. The van der Waals surface area contributed by atoms with E-state index >= 15 is 0 Å². The van der Waals surface area contributed by atoms with Crippen LogP contribution in [0.1, 0.15) is 17.2 Å². The Balaban J connectivity index is 2.03. The van der Waals surface area contributed by atoms with Crippen LogP contribution in [0.15, 0.2) is 65.9 Å². The molecule has 1 amide bonds. The number of methoxy groups -OCH3 is 3. The Morgan fingerprint density at radius 3 is 2.42 bits per heavy atom. The Hall–Kier alpha value is -3.58. The average molecular weight is 423 g/mol. The Bertz CT molecular complexity index is 1010. The van der Waals surface area contributed by atoms with E-state index in [1.807, 2.05) is 30.3 Å². The zero-order valence-corrected chi connectivity index (χ0v) is 17.7. The van der Waals surface area contributed by atoms with Crippen molar-refractivity contribution in [2.24, 2.45) is 0 Å². The Kier molecular flexibility index (Phi) is 7.10. The molecular weight excluding hydrogens is 398 g/mol. The molecule has 2 aromatic carbocycles. The fraction of sp³-hybridized carbons (Fsp3) is 0.250. The van der Waals surface area contributed by atoms with Gasteiger partial charge in [-0.05, 0) is 29.3 Å². The molecule has 0 saturated heterocycles. The molecule has 162 valence electrons. The normalized spacial score (nSPS) is 16.3. The first-order valence-electron chi connectivity index (χ1n) is 9.74. The van der Waals surface area contributed by atoms with E-state index in [9.17, 15) is 14.7 Å². The van der Waals surface area contributed by atoms with Gasteiger partial charge < -0.3 is 24.2 Å². The SMILES string of the molecule is COCCN1C(=O)C(O)=C(C(=O)C=Cc2ccccc2)C1c1ccc(OC)c(OC)c1. The fourth-order valence-electron chi connectivity index (χ4n) is 3.52. The summed E-state index contributed by atoms with van der Waals surface area (Å²) < 4.78 is 15.8. The fourth-order valence-corrected chi connectivity index (χ4v) is 3.52. The largest absolute Gasteiger partial charge is 0.503 e. The molecule has 1 aliphatic heterocycles. The molecule has 3 rings (SSSR count). The molecule has 1 atom stereocenters. The highest BCUT2D eigenvalue weighted by Gasteiger charge is 2.42. The summed E-state index contributed by atoms with van der Waals surface area (Å²) in [4.78, 5) is 27.3. The zero-order chi connectivity index (χ0) is 22.4. The highest BCUT2D eigenvalue weighted by molar-refractivity contribution is 6.14. The number of carbonyl (C=O) groups is 2. The van der Waals surface area contributed by atoms with Crippen molar-refractivity contribution in [1.29, 1.82) is 0 Å². The van der Waals surface area contributed by atoms with Crippen molar-refractivity contribution in [3.8, 4) is 11.5 Å². The minimum absolute atomic E-state index is 0.0144. The molecule has 1 N–H and O–H groups in total.